The van der Waals surface area contributed by atoms with Crippen LogP contribution in [0.4, 0.5) is 9.59 Å². The van der Waals surface area contributed by atoms with Gasteiger partial charge in [-0.15, -0.1) is 0 Å². The minimum atomic E-state index is -1.21. The van der Waals surface area contributed by atoms with Gasteiger partial charge in [-0.05, 0) is 57.8 Å². The standard InChI is InChI=1S/C25H34N2O13/c1-25(2,3)38-22(32)14-35-11-15-8-16(12-36-23(33)39-26-18(28)4-5-19(26)29)10-17(9-15)13-37-24(34)40-27-20(30)6-7-21(27)31/h15-17H,4-14H2,1-3H3/t15-,16+,17-. The van der Waals surface area contributed by atoms with E-state index in [1.807, 2.05) is 0 Å². The highest BCUT2D eigenvalue weighted by atomic mass is 16.8. The zero-order valence-electron chi connectivity index (χ0n) is 22.7. The van der Waals surface area contributed by atoms with Gasteiger partial charge >= 0.3 is 18.3 Å². The fraction of sp³-hybridized carbons (Fsp3) is 0.720. The van der Waals surface area contributed by atoms with E-state index in [9.17, 15) is 33.6 Å². The summed E-state index contributed by atoms with van der Waals surface area (Å²) in [7, 11) is 0. The van der Waals surface area contributed by atoms with Gasteiger partial charge in [0.1, 0.15) is 12.2 Å². The van der Waals surface area contributed by atoms with E-state index < -0.39 is 47.5 Å². The molecule has 2 heterocycles. The molecule has 2 saturated heterocycles. The molecule has 0 unspecified atom stereocenters. The van der Waals surface area contributed by atoms with E-state index in [1.165, 1.54) is 0 Å². The summed E-state index contributed by atoms with van der Waals surface area (Å²) < 4.78 is 21.1. The molecule has 0 N–H and O–H groups in total. The van der Waals surface area contributed by atoms with Crippen molar-refractivity contribution in [2.45, 2.75) is 71.3 Å². The van der Waals surface area contributed by atoms with Gasteiger partial charge in [0.2, 0.25) is 0 Å². The highest BCUT2D eigenvalue weighted by Gasteiger charge is 2.36. The maximum absolute atomic E-state index is 12.1. The fourth-order valence-electron chi connectivity index (χ4n) is 4.68. The molecular weight excluding hydrogens is 536 g/mol. The molecule has 0 aromatic heterocycles. The lowest BCUT2D eigenvalue weighted by Gasteiger charge is -2.34. The zero-order chi connectivity index (χ0) is 29.4. The Labute approximate surface area is 230 Å². The summed E-state index contributed by atoms with van der Waals surface area (Å²) in [6.45, 7) is 4.90. The first-order chi connectivity index (χ1) is 18.8. The Morgan fingerprint density at radius 1 is 0.675 bits per heavy atom. The Morgan fingerprint density at radius 3 is 1.43 bits per heavy atom. The van der Waals surface area contributed by atoms with Gasteiger partial charge in [0, 0.05) is 25.7 Å². The molecule has 3 aliphatic rings. The monoisotopic (exact) mass is 570 g/mol. The van der Waals surface area contributed by atoms with Crippen molar-refractivity contribution in [3.05, 3.63) is 0 Å². The normalized spacial score (nSPS) is 23.3. The van der Waals surface area contributed by atoms with E-state index in [4.69, 9.17) is 28.6 Å². The first-order valence-electron chi connectivity index (χ1n) is 13.0. The lowest BCUT2D eigenvalue weighted by molar-refractivity contribution is -0.177. The van der Waals surface area contributed by atoms with Crippen molar-refractivity contribution >= 4 is 41.9 Å². The molecular formula is C25H34N2O13. The average Bonchev–Trinajstić information content (AvgIpc) is 3.35. The van der Waals surface area contributed by atoms with Crippen molar-refractivity contribution in [2.24, 2.45) is 17.8 Å². The SMILES string of the molecule is CC(C)(C)OC(=O)COC[C@H]1C[C@@H](COC(=O)ON2C(=O)CCC2=O)C[C@@H](COC(=O)ON2C(=O)CCC2=O)C1. The van der Waals surface area contributed by atoms with Gasteiger partial charge in [0.05, 0.1) is 19.8 Å². The van der Waals surface area contributed by atoms with Crippen LogP contribution in [-0.4, -0.2) is 84.1 Å². The van der Waals surface area contributed by atoms with Crippen molar-refractivity contribution in [1.29, 1.82) is 0 Å². The Hall–Kier alpha value is -3.75. The van der Waals surface area contributed by atoms with Crippen LogP contribution in [0.25, 0.3) is 0 Å². The predicted octanol–water partition coefficient (Wildman–Crippen LogP) is 1.81. The van der Waals surface area contributed by atoms with Crippen molar-refractivity contribution in [2.75, 3.05) is 26.4 Å². The molecule has 3 atom stereocenters. The van der Waals surface area contributed by atoms with Crippen LogP contribution in [-0.2, 0) is 52.6 Å². The summed E-state index contributed by atoms with van der Waals surface area (Å²) in [4.78, 5) is 92.1. The van der Waals surface area contributed by atoms with Gasteiger partial charge in [-0.25, -0.2) is 14.4 Å². The highest BCUT2D eigenvalue weighted by Crippen LogP contribution is 2.34. The fourth-order valence-corrected chi connectivity index (χ4v) is 4.68. The number of carbonyl (C=O) groups excluding carboxylic acids is 7. The molecule has 2 aliphatic heterocycles. The Bertz CT molecular complexity index is 927. The average molecular weight is 571 g/mol. The number of imide groups is 2. The number of amides is 4. The van der Waals surface area contributed by atoms with Crippen LogP contribution in [0.5, 0.6) is 0 Å². The Kier molecular flexibility index (Phi) is 10.4. The number of carbonyl (C=O) groups is 7. The number of hydroxylamine groups is 4. The number of ether oxygens (including phenoxy) is 4. The van der Waals surface area contributed by atoms with Crippen LogP contribution in [0.2, 0.25) is 0 Å². The van der Waals surface area contributed by atoms with Crippen molar-refractivity contribution < 1.29 is 62.2 Å². The highest BCUT2D eigenvalue weighted by molar-refractivity contribution is 6.02. The molecule has 1 saturated carbocycles. The van der Waals surface area contributed by atoms with Crippen LogP contribution < -0.4 is 0 Å². The summed E-state index contributed by atoms with van der Waals surface area (Å²) in [5.41, 5.74) is -0.659. The summed E-state index contributed by atoms with van der Waals surface area (Å²) in [5.74, 6) is -3.67. The predicted molar refractivity (Wildman–Crippen MR) is 128 cm³/mol. The molecule has 3 fully saturated rings. The zero-order valence-corrected chi connectivity index (χ0v) is 22.7. The van der Waals surface area contributed by atoms with Gasteiger partial charge in [-0.1, -0.05) is 10.1 Å². The summed E-state index contributed by atoms with van der Waals surface area (Å²) in [6.07, 6.45) is -1.11. The van der Waals surface area contributed by atoms with Crippen molar-refractivity contribution in [3.63, 3.8) is 0 Å². The largest absolute Gasteiger partial charge is 0.533 e. The molecule has 4 amide bonds. The molecule has 222 valence electrons. The van der Waals surface area contributed by atoms with Crippen LogP contribution in [0, 0.1) is 17.8 Å². The molecule has 3 rings (SSSR count). The third kappa shape index (κ3) is 9.47. The second kappa shape index (κ2) is 13.5. The van der Waals surface area contributed by atoms with Gasteiger partial charge in [-0.3, -0.25) is 28.9 Å². The summed E-state index contributed by atoms with van der Waals surface area (Å²) in [5, 5.41) is 0.767. The molecule has 0 aromatic rings. The van der Waals surface area contributed by atoms with Crippen LogP contribution in [0.3, 0.4) is 0 Å². The first kappa shape index (κ1) is 30.8. The maximum atomic E-state index is 12.1. The van der Waals surface area contributed by atoms with Crippen LogP contribution in [0.1, 0.15) is 65.7 Å². The molecule has 0 bridgehead atoms. The number of hydrogen-bond donors (Lipinski definition) is 0. The molecule has 15 nitrogen and oxygen atoms in total. The smallest absolute Gasteiger partial charge is 0.458 e. The first-order valence-corrected chi connectivity index (χ1v) is 13.0. The van der Waals surface area contributed by atoms with Crippen LogP contribution >= 0.6 is 0 Å². The number of hydrogen-bond acceptors (Lipinski definition) is 13. The van der Waals surface area contributed by atoms with Crippen LogP contribution in [0.15, 0.2) is 0 Å². The minimum absolute atomic E-state index is 0.0517. The number of nitrogens with zero attached hydrogens (tertiary/aromatic N) is 2. The molecule has 0 radical (unpaired) electrons. The number of rotatable bonds is 10. The van der Waals surface area contributed by atoms with Gasteiger partial charge in [-0.2, -0.15) is 0 Å². The second-order valence-electron chi connectivity index (χ2n) is 10.9. The molecule has 0 spiro atoms. The van der Waals surface area contributed by atoms with E-state index in [0.29, 0.717) is 29.4 Å². The maximum Gasteiger partial charge on any atom is 0.533 e. The molecule has 0 aromatic carbocycles. The van der Waals surface area contributed by atoms with E-state index in [0.717, 1.165) is 0 Å². The minimum Gasteiger partial charge on any atom is -0.458 e. The molecule has 40 heavy (non-hydrogen) atoms. The van der Waals surface area contributed by atoms with E-state index in [2.05, 4.69) is 0 Å². The van der Waals surface area contributed by atoms with Gasteiger partial charge < -0.3 is 18.9 Å². The third-order valence-corrected chi connectivity index (χ3v) is 6.21. The molecule has 15 heteroatoms. The van der Waals surface area contributed by atoms with E-state index in [-0.39, 0.29) is 69.9 Å². The topological polar surface area (TPSA) is 181 Å². The van der Waals surface area contributed by atoms with E-state index in [1.54, 1.807) is 20.8 Å². The second-order valence-corrected chi connectivity index (χ2v) is 10.9. The summed E-state index contributed by atoms with van der Waals surface area (Å²) >= 11 is 0. The van der Waals surface area contributed by atoms with E-state index >= 15 is 0 Å². The van der Waals surface area contributed by atoms with Gasteiger partial charge in [0.25, 0.3) is 23.6 Å². The Balaban J connectivity index is 1.51. The van der Waals surface area contributed by atoms with Gasteiger partial charge in [0.15, 0.2) is 0 Å². The lowest BCUT2D eigenvalue weighted by Crippen LogP contribution is -2.35. The van der Waals surface area contributed by atoms with Crippen molar-refractivity contribution in [1.82, 2.24) is 10.1 Å². The lowest BCUT2D eigenvalue weighted by atomic mass is 9.76. The summed E-state index contributed by atoms with van der Waals surface area (Å²) in [6, 6.07) is 0. The quantitative estimate of drug-likeness (QED) is 0.211. The third-order valence-electron chi connectivity index (χ3n) is 6.21. The Morgan fingerprint density at radius 2 is 1.05 bits per heavy atom. The number of esters is 1. The van der Waals surface area contributed by atoms with Crippen molar-refractivity contribution in [3.8, 4) is 0 Å². The molecule has 1 aliphatic carbocycles.